The van der Waals surface area contributed by atoms with E-state index in [0.717, 1.165) is 0 Å². The molecule has 0 aromatic heterocycles. The van der Waals surface area contributed by atoms with Gasteiger partial charge in [-0.15, -0.1) is 13.2 Å². The van der Waals surface area contributed by atoms with E-state index in [1.165, 1.54) is 23.5 Å². The lowest BCUT2D eigenvalue weighted by Crippen LogP contribution is -1.82. The van der Waals surface area contributed by atoms with E-state index in [2.05, 4.69) is 13.2 Å². The van der Waals surface area contributed by atoms with Crippen molar-refractivity contribution < 1.29 is 4.79 Å². The highest BCUT2D eigenvalue weighted by molar-refractivity contribution is 8.38. The van der Waals surface area contributed by atoms with E-state index in [1.54, 1.807) is 12.2 Å². The molecule has 0 aliphatic heterocycles. The topological polar surface area (TPSA) is 17.1 Å². The zero-order chi connectivity index (χ0) is 7.82. The van der Waals surface area contributed by atoms with E-state index in [9.17, 15) is 4.79 Å². The van der Waals surface area contributed by atoms with Gasteiger partial charge < -0.3 is 0 Å². The van der Waals surface area contributed by atoms with Crippen LogP contribution in [0.1, 0.15) is 0 Å². The van der Waals surface area contributed by atoms with E-state index in [0.29, 0.717) is 11.5 Å². The third-order valence-electron chi connectivity index (χ3n) is 0.638. The summed E-state index contributed by atoms with van der Waals surface area (Å²) in [7, 11) is 0. The number of hydrogen-bond acceptors (Lipinski definition) is 3. The van der Waals surface area contributed by atoms with Crippen molar-refractivity contribution in [1.29, 1.82) is 0 Å². The maximum absolute atomic E-state index is 10.8. The van der Waals surface area contributed by atoms with Crippen LogP contribution in [0.15, 0.2) is 25.3 Å². The van der Waals surface area contributed by atoms with Crippen molar-refractivity contribution in [2.75, 3.05) is 11.5 Å². The minimum absolute atomic E-state index is 0.139. The zero-order valence-electron chi connectivity index (χ0n) is 5.71. The average molecular weight is 174 g/mol. The molecule has 0 radical (unpaired) electrons. The summed E-state index contributed by atoms with van der Waals surface area (Å²) < 4.78 is 0.139. The minimum atomic E-state index is 0.139. The first kappa shape index (κ1) is 9.85. The van der Waals surface area contributed by atoms with E-state index >= 15 is 0 Å². The van der Waals surface area contributed by atoms with Gasteiger partial charge in [-0.3, -0.25) is 4.79 Å². The molecule has 1 nitrogen and oxygen atoms in total. The average Bonchev–Trinajstić information content (AvgIpc) is 1.97. The Morgan fingerprint density at radius 2 is 1.60 bits per heavy atom. The number of thioether (sulfide) groups is 2. The van der Waals surface area contributed by atoms with Gasteiger partial charge in [-0.25, -0.2) is 0 Å². The molecule has 0 spiro atoms. The highest BCUT2D eigenvalue weighted by atomic mass is 32.2. The summed E-state index contributed by atoms with van der Waals surface area (Å²) >= 11 is 2.55. The van der Waals surface area contributed by atoms with Gasteiger partial charge in [0.25, 0.3) is 0 Å². The van der Waals surface area contributed by atoms with E-state index < -0.39 is 0 Å². The summed E-state index contributed by atoms with van der Waals surface area (Å²) in [6.45, 7) is 7.02. The van der Waals surface area contributed by atoms with Gasteiger partial charge in [-0.05, 0) is 0 Å². The van der Waals surface area contributed by atoms with Crippen LogP contribution >= 0.6 is 23.5 Å². The molecule has 0 fully saturated rings. The Morgan fingerprint density at radius 1 is 1.20 bits per heavy atom. The summed E-state index contributed by atoms with van der Waals surface area (Å²) in [6, 6.07) is 0. The molecule has 0 unspecified atom stereocenters. The third-order valence-corrected chi connectivity index (χ3v) is 2.62. The fourth-order valence-electron chi connectivity index (χ4n) is 0.296. The highest BCUT2D eigenvalue weighted by Crippen LogP contribution is 2.15. The van der Waals surface area contributed by atoms with Crippen molar-refractivity contribution in [2.24, 2.45) is 0 Å². The van der Waals surface area contributed by atoms with Crippen LogP contribution in [-0.4, -0.2) is 16.0 Å². The predicted molar refractivity (Wildman–Crippen MR) is 50.7 cm³/mol. The largest absolute Gasteiger partial charge is 0.274 e. The molecule has 0 aliphatic rings. The van der Waals surface area contributed by atoms with Crippen molar-refractivity contribution in [1.82, 2.24) is 0 Å². The number of hydrogen-bond donors (Lipinski definition) is 0. The van der Waals surface area contributed by atoms with Gasteiger partial charge in [-0.2, -0.15) is 0 Å². The Kier molecular flexibility index (Phi) is 6.86. The molecule has 0 bridgehead atoms. The number of rotatable bonds is 4. The van der Waals surface area contributed by atoms with Crippen LogP contribution in [-0.2, 0) is 0 Å². The van der Waals surface area contributed by atoms with Crippen molar-refractivity contribution in [3.63, 3.8) is 0 Å². The summed E-state index contributed by atoms with van der Waals surface area (Å²) in [5, 5.41) is 0. The van der Waals surface area contributed by atoms with Gasteiger partial charge in [0.2, 0.25) is 4.45 Å². The maximum Gasteiger partial charge on any atom is 0.246 e. The quantitative estimate of drug-likeness (QED) is 0.610. The van der Waals surface area contributed by atoms with Gasteiger partial charge in [-0.1, -0.05) is 35.7 Å². The van der Waals surface area contributed by atoms with Crippen LogP contribution in [0, 0.1) is 0 Å². The van der Waals surface area contributed by atoms with Crippen LogP contribution in [0.2, 0.25) is 0 Å². The molecule has 0 aromatic carbocycles. The van der Waals surface area contributed by atoms with Crippen LogP contribution in [0.5, 0.6) is 0 Å². The third kappa shape index (κ3) is 5.98. The second-order valence-corrected chi connectivity index (χ2v) is 3.69. The van der Waals surface area contributed by atoms with Gasteiger partial charge in [0.15, 0.2) is 0 Å². The molecule has 0 saturated heterocycles. The first-order chi connectivity index (χ1) is 4.81. The molecule has 56 valence electrons. The zero-order valence-corrected chi connectivity index (χ0v) is 7.34. The maximum atomic E-state index is 10.8. The van der Waals surface area contributed by atoms with Crippen molar-refractivity contribution in [3.8, 4) is 0 Å². The van der Waals surface area contributed by atoms with Crippen molar-refractivity contribution in [3.05, 3.63) is 25.3 Å². The second-order valence-electron chi connectivity index (χ2n) is 1.45. The first-order valence-electron chi connectivity index (χ1n) is 2.82. The lowest BCUT2D eigenvalue weighted by atomic mass is 10.8. The standard InChI is InChI=1S/C7H10OS2/c1-3-5-9-7(8)10-6-4-2/h3-4H,1-2,5-6H2. The Morgan fingerprint density at radius 3 is 1.90 bits per heavy atom. The Bertz CT molecular complexity index is 118. The lowest BCUT2D eigenvalue weighted by molar-refractivity contribution is 0.276. The Labute approximate surface area is 70.0 Å². The number of carbonyl (C=O) groups excluding carboxylic acids is 1. The van der Waals surface area contributed by atoms with E-state index in [4.69, 9.17) is 0 Å². The van der Waals surface area contributed by atoms with Crippen molar-refractivity contribution in [2.45, 2.75) is 0 Å². The minimum Gasteiger partial charge on any atom is -0.274 e. The van der Waals surface area contributed by atoms with Gasteiger partial charge in [0.05, 0.1) is 0 Å². The molecule has 10 heavy (non-hydrogen) atoms. The Balaban J connectivity index is 3.24. The van der Waals surface area contributed by atoms with Crippen LogP contribution in [0.3, 0.4) is 0 Å². The smallest absolute Gasteiger partial charge is 0.246 e. The number of carbonyl (C=O) groups is 1. The molecule has 0 saturated carbocycles. The Hall–Kier alpha value is -0.150. The first-order valence-corrected chi connectivity index (χ1v) is 4.79. The molecule has 0 aromatic rings. The van der Waals surface area contributed by atoms with E-state index in [-0.39, 0.29) is 4.45 Å². The van der Waals surface area contributed by atoms with Crippen LogP contribution in [0.25, 0.3) is 0 Å². The SMILES string of the molecule is C=CCSC(=O)SCC=C. The summed E-state index contributed by atoms with van der Waals surface area (Å²) in [5.74, 6) is 1.39. The molecular formula is C7H10OS2. The molecule has 0 amide bonds. The summed E-state index contributed by atoms with van der Waals surface area (Å²) in [5.41, 5.74) is 0. The normalized spacial score (nSPS) is 8.80. The van der Waals surface area contributed by atoms with E-state index in [1.807, 2.05) is 0 Å². The fraction of sp³-hybridized carbons (Fsp3) is 0.286. The molecule has 0 aliphatic carbocycles. The summed E-state index contributed by atoms with van der Waals surface area (Å²) in [6.07, 6.45) is 3.44. The second kappa shape index (κ2) is 6.96. The summed E-state index contributed by atoms with van der Waals surface area (Å²) in [4.78, 5) is 10.8. The molecule has 3 heteroatoms. The molecule has 0 rings (SSSR count). The van der Waals surface area contributed by atoms with Gasteiger partial charge in [0.1, 0.15) is 0 Å². The highest BCUT2D eigenvalue weighted by Gasteiger charge is 1.98. The monoisotopic (exact) mass is 174 g/mol. The molecule has 0 heterocycles. The predicted octanol–water partition coefficient (Wildman–Crippen LogP) is 2.94. The van der Waals surface area contributed by atoms with Gasteiger partial charge in [0, 0.05) is 11.5 Å². The lowest BCUT2D eigenvalue weighted by Gasteiger charge is -1.92. The molecular weight excluding hydrogens is 164 g/mol. The van der Waals surface area contributed by atoms with Crippen LogP contribution in [0.4, 0.5) is 4.79 Å². The van der Waals surface area contributed by atoms with Gasteiger partial charge >= 0.3 is 0 Å². The molecule has 0 N–H and O–H groups in total. The van der Waals surface area contributed by atoms with Crippen LogP contribution < -0.4 is 0 Å². The molecule has 0 atom stereocenters. The van der Waals surface area contributed by atoms with Crippen molar-refractivity contribution >= 4 is 28.0 Å². The fourth-order valence-corrected chi connectivity index (χ4v) is 1.55.